The highest BCUT2D eigenvalue weighted by molar-refractivity contribution is 6.30. The van der Waals surface area contributed by atoms with Gasteiger partial charge in [-0.25, -0.2) is 0 Å². The SMILES string of the molecule is CCCNC(=O)[C@H](C)N(Cc1cccc(Cl)c1)C(=O)COc1ccc(C)cc1. The van der Waals surface area contributed by atoms with Crippen molar-refractivity contribution in [1.29, 1.82) is 0 Å². The molecule has 0 heterocycles. The molecule has 0 bridgehead atoms. The Morgan fingerprint density at radius 1 is 1.18 bits per heavy atom. The summed E-state index contributed by atoms with van der Waals surface area (Å²) in [6.07, 6.45) is 0.831. The number of nitrogens with zero attached hydrogens (tertiary/aromatic N) is 1. The summed E-state index contributed by atoms with van der Waals surface area (Å²) in [5.74, 6) is 0.164. The Morgan fingerprint density at radius 2 is 1.89 bits per heavy atom. The molecule has 6 heteroatoms. The first-order chi connectivity index (χ1) is 13.4. The summed E-state index contributed by atoms with van der Waals surface area (Å²) in [6.45, 7) is 6.39. The van der Waals surface area contributed by atoms with Crippen LogP contribution in [-0.4, -0.2) is 35.9 Å². The van der Waals surface area contributed by atoms with Crippen LogP contribution in [0.25, 0.3) is 0 Å². The fourth-order valence-corrected chi connectivity index (χ4v) is 2.89. The lowest BCUT2D eigenvalue weighted by molar-refractivity contribution is -0.142. The monoisotopic (exact) mass is 402 g/mol. The van der Waals surface area contributed by atoms with Crippen molar-refractivity contribution in [2.75, 3.05) is 13.2 Å². The highest BCUT2D eigenvalue weighted by atomic mass is 35.5. The second-order valence-electron chi connectivity index (χ2n) is 6.72. The predicted molar refractivity (Wildman–Crippen MR) is 111 cm³/mol. The molecule has 0 aliphatic rings. The molecule has 2 aromatic carbocycles. The van der Waals surface area contributed by atoms with Gasteiger partial charge in [0.25, 0.3) is 5.91 Å². The number of carbonyl (C=O) groups is 2. The predicted octanol–water partition coefficient (Wildman–Crippen LogP) is 3.97. The van der Waals surface area contributed by atoms with E-state index in [1.54, 1.807) is 19.1 Å². The number of ether oxygens (including phenoxy) is 1. The van der Waals surface area contributed by atoms with Gasteiger partial charge in [-0.2, -0.15) is 0 Å². The Kier molecular flexibility index (Phi) is 8.33. The first kappa shape index (κ1) is 21.8. The summed E-state index contributed by atoms with van der Waals surface area (Å²) in [5.41, 5.74) is 1.97. The lowest BCUT2D eigenvalue weighted by Gasteiger charge is -2.28. The van der Waals surface area contributed by atoms with E-state index in [-0.39, 0.29) is 25.0 Å². The topological polar surface area (TPSA) is 58.6 Å². The molecule has 0 fully saturated rings. The average molecular weight is 403 g/mol. The minimum atomic E-state index is -0.625. The fraction of sp³-hybridized carbons (Fsp3) is 0.364. The minimum absolute atomic E-state index is 0.144. The summed E-state index contributed by atoms with van der Waals surface area (Å²) in [6, 6.07) is 14.1. The van der Waals surface area contributed by atoms with Crippen molar-refractivity contribution in [1.82, 2.24) is 10.2 Å². The van der Waals surface area contributed by atoms with Gasteiger partial charge >= 0.3 is 0 Å². The molecule has 2 rings (SSSR count). The molecule has 1 N–H and O–H groups in total. The van der Waals surface area contributed by atoms with Crippen molar-refractivity contribution in [3.05, 3.63) is 64.7 Å². The summed E-state index contributed by atoms with van der Waals surface area (Å²) in [7, 11) is 0. The summed E-state index contributed by atoms with van der Waals surface area (Å²) >= 11 is 6.07. The zero-order valence-electron chi connectivity index (χ0n) is 16.6. The average Bonchev–Trinajstić information content (AvgIpc) is 2.69. The summed E-state index contributed by atoms with van der Waals surface area (Å²) in [4.78, 5) is 26.8. The number of carbonyl (C=O) groups excluding carboxylic acids is 2. The van der Waals surface area contributed by atoms with Crippen molar-refractivity contribution in [2.45, 2.75) is 39.8 Å². The van der Waals surface area contributed by atoms with Crippen LogP contribution in [0.3, 0.4) is 0 Å². The van der Waals surface area contributed by atoms with E-state index in [0.717, 1.165) is 17.5 Å². The van der Waals surface area contributed by atoms with Crippen LogP contribution in [0.5, 0.6) is 5.75 Å². The Bertz CT molecular complexity index is 793. The smallest absolute Gasteiger partial charge is 0.261 e. The molecule has 5 nitrogen and oxygen atoms in total. The van der Waals surface area contributed by atoms with Crippen molar-refractivity contribution in [2.24, 2.45) is 0 Å². The van der Waals surface area contributed by atoms with Gasteiger partial charge in [-0.05, 0) is 50.1 Å². The van der Waals surface area contributed by atoms with Gasteiger partial charge < -0.3 is 15.0 Å². The fourth-order valence-electron chi connectivity index (χ4n) is 2.67. The van der Waals surface area contributed by atoms with Crippen molar-refractivity contribution >= 4 is 23.4 Å². The Hall–Kier alpha value is -2.53. The van der Waals surface area contributed by atoms with E-state index in [1.807, 2.05) is 50.2 Å². The molecule has 150 valence electrons. The van der Waals surface area contributed by atoms with Gasteiger partial charge in [0.1, 0.15) is 11.8 Å². The van der Waals surface area contributed by atoms with Crippen LogP contribution < -0.4 is 10.1 Å². The lowest BCUT2D eigenvalue weighted by Crippen LogP contribution is -2.49. The van der Waals surface area contributed by atoms with Crippen molar-refractivity contribution in [3.8, 4) is 5.75 Å². The van der Waals surface area contributed by atoms with Crippen LogP contribution in [-0.2, 0) is 16.1 Å². The van der Waals surface area contributed by atoms with Crippen LogP contribution in [0, 0.1) is 6.92 Å². The zero-order chi connectivity index (χ0) is 20.5. The van der Waals surface area contributed by atoms with E-state index in [4.69, 9.17) is 16.3 Å². The summed E-state index contributed by atoms with van der Waals surface area (Å²) < 4.78 is 5.63. The molecule has 0 spiro atoms. The zero-order valence-corrected chi connectivity index (χ0v) is 17.3. The third-order valence-electron chi connectivity index (χ3n) is 4.34. The number of amides is 2. The molecule has 0 aliphatic heterocycles. The standard InChI is InChI=1S/C22H27ClN2O3/c1-4-12-24-22(27)17(3)25(14-18-6-5-7-19(23)13-18)21(26)15-28-20-10-8-16(2)9-11-20/h5-11,13,17H,4,12,14-15H2,1-3H3,(H,24,27)/t17-/m0/s1. The van der Waals surface area contributed by atoms with Gasteiger partial charge in [0.05, 0.1) is 0 Å². The van der Waals surface area contributed by atoms with E-state index in [2.05, 4.69) is 5.32 Å². The number of hydrogen-bond donors (Lipinski definition) is 1. The van der Waals surface area contributed by atoms with Crippen molar-refractivity contribution in [3.63, 3.8) is 0 Å². The second kappa shape index (κ2) is 10.7. The van der Waals surface area contributed by atoms with E-state index in [9.17, 15) is 9.59 Å². The largest absolute Gasteiger partial charge is 0.484 e. The number of nitrogens with one attached hydrogen (secondary N) is 1. The molecule has 0 radical (unpaired) electrons. The van der Waals surface area contributed by atoms with Crippen LogP contribution in [0.15, 0.2) is 48.5 Å². The molecule has 0 aromatic heterocycles. The number of hydrogen-bond acceptors (Lipinski definition) is 3. The van der Waals surface area contributed by atoms with Crippen LogP contribution in [0.2, 0.25) is 5.02 Å². The molecule has 0 unspecified atom stereocenters. The number of rotatable bonds is 9. The molecule has 0 aliphatic carbocycles. The Labute approximate surface area is 171 Å². The van der Waals surface area contributed by atoms with E-state index in [0.29, 0.717) is 17.3 Å². The highest BCUT2D eigenvalue weighted by Crippen LogP contribution is 2.16. The molecule has 0 saturated carbocycles. The van der Waals surface area contributed by atoms with Crippen LogP contribution in [0.4, 0.5) is 0 Å². The van der Waals surface area contributed by atoms with Crippen molar-refractivity contribution < 1.29 is 14.3 Å². The molecule has 2 aromatic rings. The maximum atomic E-state index is 12.9. The van der Waals surface area contributed by atoms with E-state index < -0.39 is 6.04 Å². The van der Waals surface area contributed by atoms with Crippen LogP contribution >= 0.6 is 11.6 Å². The quantitative estimate of drug-likeness (QED) is 0.690. The van der Waals surface area contributed by atoms with Gasteiger partial charge in [0, 0.05) is 18.1 Å². The highest BCUT2D eigenvalue weighted by Gasteiger charge is 2.26. The third-order valence-corrected chi connectivity index (χ3v) is 4.58. The number of aryl methyl sites for hydroxylation is 1. The van der Waals surface area contributed by atoms with E-state index >= 15 is 0 Å². The maximum Gasteiger partial charge on any atom is 0.261 e. The van der Waals surface area contributed by atoms with Crippen LogP contribution in [0.1, 0.15) is 31.4 Å². The molecule has 1 atom stereocenters. The molecule has 2 amide bonds. The second-order valence-corrected chi connectivity index (χ2v) is 7.16. The summed E-state index contributed by atoms with van der Waals surface area (Å²) in [5, 5.41) is 3.43. The lowest BCUT2D eigenvalue weighted by atomic mass is 10.1. The van der Waals surface area contributed by atoms with Gasteiger partial charge in [-0.3, -0.25) is 9.59 Å². The molecule has 28 heavy (non-hydrogen) atoms. The third kappa shape index (κ3) is 6.57. The van der Waals surface area contributed by atoms with Gasteiger partial charge in [0.15, 0.2) is 6.61 Å². The maximum absolute atomic E-state index is 12.9. The molecular formula is C22H27ClN2O3. The minimum Gasteiger partial charge on any atom is -0.484 e. The normalized spacial score (nSPS) is 11.6. The first-order valence-corrected chi connectivity index (χ1v) is 9.79. The van der Waals surface area contributed by atoms with Gasteiger partial charge in [-0.15, -0.1) is 0 Å². The first-order valence-electron chi connectivity index (χ1n) is 9.41. The van der Waals surface area contributed by atoms with Gasteiger partial charge in [-0.1, -0.05) is 48.4 Å². The van der Waals surface area contributed by atoms with Gasteiger partial charge in [0.2, 0.25) is 5.91 Å². The Balaban J connectivity index is 2.12. The molecular weight excluding hydrogens is 376 g/mol. The Morgan fingerprint density at radius 3 is 2.54 bits per heavy atom. The number of halogens is 1. The number of benzene rings is 2. The molecule has 0 saturated heterocycles. The van der Waals surface area contributed by atoms with E-state index in [1.165, 1.54) is 4.90 Å².